The van der Waals surface area contributed by atoms with E-state index >= 15 is 0 Å². The molecule has 0 unspecified atom stereocenters. The second-order valence-electron chi connectivity index (χ2n) is 11.9. The Morgan fingerprint density at radius 3 is 0.891 bits per heavy atom. The first-order valence-corrected chi connectivity index (χ1v) is 20.3. The fraction of sp³-hybridized carbons (Fsp3) is 0.250. The molecular formula is C32H36N2O8S4. The van der Waals surface area contributed by atoms with Gasteiger partial charge in [0.05, 0.1) is 19.6 Å². The van der Waals surface area contributed by atoms with Gasteiger partial charge in [0.1, 0.15) is 0 Å². The summed E-state index contributed by atoms with van der Waals surface area (Å²) in [6.07, 6.45) is 1.13. The molecule has 4 aromatic rings. The third kappa shape index (κ3) is 7.27. The maximum Gasteiger partial charge on any atom is 0.253 e. The Balaban J connectivity index is 1.52. The zero-order valence-corrected chi connectivity index (χ0v) is 29.4. The predicted octanol–water partition coefficient (Wildman–Crippen LogP) is 4.32. The van der Waals surface area contributed by atoms with Crippen molar-refractivity contribution in [2.24, 2.45) is 0 Å². The molecule has 0 radical (unpaired) electrons. The highest BCUT2D eigenvalue weighted by molar-refractivity contribution is 8.04. The first-order chi connectivity index (χ1) is 21.1. The predicted molar refractivity (Wildman–Crippen MR) is 177 cm³/mol. The fourth-order valence-corrected chi connectivity index (χ4v) is 9.24. The maximum atomic E-state index is 13.1. The summed E-state index contributed by atoms with van der Waals surface area (Å²) in [6.45, 7) is 7.61. The van der Waals surface area contributed by atoms with Crippen LogP contribution in [0, 0.1) is 0 Å². The van der Waals surface area contributed by atoms with E-state index in [0.717, 1.165) is 28.5 Å². The molecule has 4 rings (SSSR count). The van der Waals surface area contributed by atoms with E-state index in [2.05, 4.69) is 4.72 Å². The van der Waals surface area contributed by atoms with Crippen molar-refractivity contribution in [1.82, 2.24) is 8.85 Å². The van der Waals surface area contributed by atoms with Crippen LogP contribution >= 0.6 is 0 Å². The second kappa shape index (κ2) is 12.3. The summed E-state index contributed by atoms with van der Waals surface area (Å²) in [6, 6.07) is 24.4. The molecule has 0 aromatic heterocycles. The first-order valence-electron chi connectivity index (χ1n) is 14.0. The minimum absolute atomic E-state index is 0.114. The molecule has 0 amide bonds. The van der Waals surface area contributed by atoms with Gasteiger partial charge in [-0.1, -0.05) is 76.2 Å². The van der Waals surface area contributed by atoms with Gasteiger partial charge in [-0.05, 0) is 77.8 Å². The van der Waals surface area contributed by atoms with Gasteiger partial charge in [-0.15, -0.1) is 4.13 Å². The number of hydrogen-bond donors (Lipinski definition) is 2. The van der Waals surface area contributed by atoms with Crippen LogP contribution in [0.2, 0.25) is 0 Å². The van der Waals surface area contributed by atoms with Crippen LogP contribution in [0.15, 0.2) is 117 Å². The van der Waals surface area contributed by atoms with E-state index in [-0.39, 0.29) is 19.6 Å². The van der Waals surface area contributed by atoms with Gasteiger partial charge in [0.15, 0.2) is 9.84 Å². The minimum Gasteiger partial charge on any atom is -0.224 e. The molecule has 0 atom stereocenters. The molecule has 0 fully saturated rings. The quantitative estimate of drug-likeness (QED) is 0.234. The lowest BCUT2D eigenvalue weighted by atomic mass is 9.78. The fourth-order valence-electron chi connectivity index (χ4n) is 4.96. The molecule has 10 nitrogen and oxygen atoms in total. The summed E-state index contributed by atoms with van der Waals surface area (Å²) in [5.74, 6) is 0. The van der Waals surface area contributed by atoms with Crippen molar-refractivity contribution in [3.8, 4) is 0 Å². The topological polar surface area (TPSA) is 161 Å². The summed E-state index contributed by atoms with van der Waals surface area (Å²) in [7, 11) is -14.6. The Kier molecular flexibility index (Phi) is 9.50. The Morgan fingerprint density at radius 2 is 0.652 bits per heavy atom. The molecule has 246 valence electrons. The SMILES string of the molecule is CNS(=O)(=O)c1ccc(C(C)(C)c2ccc(S(=O)(=O)NS(=O)(=O)c3ccc(C(C)(C)c4ccc(S(C)(=O)=O)cc4)cc3)cc2)cc1. The molecule has 14 heteroatoms. The summed E-state index contributed by atoms with van der Waals surface area (Å²) in [4.78, 5) is -0.192. The number of rotatable bonds is 11. The lowest BCUT2D eigenvalue weighted by molar-refractivity contribution is 0.576. The number of sulfonamides is 3. The summed E-state index contributed by atoms with van der Waals surface area (Å²) in [5.41, 5.74) is 1.81. The number of nitrogens with one attached hydrogen (secondary N) is 2. The van der Waals surface area contributed by atoms with Crippen molar-refractivity contribution < 1.29 is 33.7 Å². The molecule has 0 aliphatic heterocycles. The largest absolute Gasteiger partial charge is 0.253 e. The highest BCUT2D eigenvalue weighted by atomic mass is 32.3. The smallest absolute Gasteiger partial charge is 0.224 e. The zero-order chi connectivity index (χ0) is 34.3. The van der Waals surface area contributed by atoms with Gasteiger partial charge in [0, 0.05) is 17.1 Å². The molecule has 0 aliphatic rings. The molecule has 2 N–H and O–H groups in total. The van der Waals surface area contributed by atoms with Gasteiger partial charge >= 0.3 is 0 Å². The van der Waals surface area contributed by atoms with Crippen LogP contribution in [0.25, 0.3) is 0 Å². The Hall–Kier alpha value is -3.40. The van der Waals surface area contributed by atoms with Crippen LogP contribution in [-0.2, 0) is 50.7 Å². The van der Waals surface area contributed by atoms with E-state index in [1.807, 2.05) is 31.8 Å². The van der Waals surface area contributed by atoms with Crippen molar-refractivity contribution in [2.45, 2.75) is 58.1 Å². The number of sulfone groups is 1. The van der Waals surface area contributed by atoms with Crippen LogP contribution in [0.1, 0.15) is 49.9 Å². The van der Waals surface area contributed by atoms with Crippen LogP contribution in [-0.4, -0.2) is 47.0 Å². The third-order valence-corrected chi connectivity index (χ3v) is 14.3. The second-order valence-corrected chi connectivity index (χ2v) is 19.4. The van der Waals surface area contributed by atoms with Crippen LogP contribution in [0.3, 0.4) is 0 Å². The van der Waals surface area contributed by atoms with Crippen molar-refractivity contribution in [3.05, 3.63) is 119 Å². The standard InChI is InChI=1S/C32H36N2O8S4/c1-31(2,23-7-15-27(16-8-23)43(6,35)36)25-11-19-29(20-12-25)45(39,40)34-46(41,42)30-21-13-26(14-22-30)32(3,4)24-9-17-28(18-10-24)44(37,38)33-5/h7-22,33-34H,1-6H3. The van der Waals surface area contributed by atoms with E-state index in [1.165, 1.54) is 55.6 Å². The molecule has 0 saturated carbocycles. The van der Waals surface area contributed by atoms with Gasteiger partial charge in [0.25, 0.3) is 20.0 Å². The lowest BCUT2D eigenvalue weighted by Gasteiger charge is -2.26. The van der Waals surface area contributed by atoms with Crippen LogP contribution in [0.5, 0.6) is 0 Å². The maximum absolute atomic E-state index is 13.1. The average molecular weight is 705 g/mol. The minimum atomic E-state index is -4.48. The van der Waals surface area contributed by atoms with Crippen LogP contribution < -0.4 is 8.85 Å². The van der Waals surface area contributed by atoms with E-state index in [0.29, 0.717) is 0 Å². The lowest BCUT2D eigenvalue weighted by Crippen LogP contribution is -2.31. The van der Waals surface area contributed by atoms with Crippen molar-refractivity contribution in [2.75, 3.05) is 13.3 Å². The van der Waals surface area contributed by atoms with Crippen LogP contribution in [0.4, 0.5) is 0 Å². The van der Waals surface area contributed by atoms with E-state index in [4.69, 9.17) is 0 Å². The zero-order valence-electron chi connectivity index (χ0n) is 26.1. The van der Waals surface area contributed by atoms with Crippen molar-refractivity contribution in [3.63, 3.8) is 0 Å². The summed E-state index contributed by atoms with van der Waals surface area (Å²) in [5, 5.41) is 0. The summed E-state index contributed by atoms with van der Waals surface area (Å²) < 4.78 is 104. The first kappa shape index (κ1) is 35.5. The van der Waals surface area contributed by atoms with E-state index in [1.54, 1.807) is 48.5 Å². The summed E-state index contributed by atoms with van der Waals surface area (Å²) >= 11 is 0. The van der Waals surface area contributed by atoms with Gasteiger partial charge in [-0.25, -0.2) is 38.4 Å². The van der Waals surface area contributed by atoms with Crippen molar-refractivity contribution in [1.29, 1.82) is 0 Å². The number of hydrogen-bond acceptors (Lipinski definition) is 8. The molecular weight excluding hydrogens is 669 g/mol. The molecule has 0 spiro atoms. The molecule has 0 saturated heterocycles. The Bertz CT molecular complexity index is 2180. The van der Waals surface area contributed by atoms with Gasteiger partial charge in [-0.3, -0.25) is 0 Å². The molecule has 0 heterocycles. The molecule has 0 aliphatic carbocycles. The third-order valence-electron chi connectivity index (χ3n) is 8.15. The Morgan fingerprint density at radius 1 is 0.413 bits per heavy atom. The van der Waals surface area contributed by atoms with Gasteiger partial charge < -0.3 is 0 Å². The molecule has 46 heavy (non-hydrogen) atoms. The molecule has 4 aromatic carbocycles. The molecule has 0 bridgehead atoms. The van der Waals surface area contributed by atoms with E-state index in [9.17, 15) is 33.7 Å². The van der Waals surface area contributed by atoms with Gasteiger partial charge in [0.2, 0.25) is 10.0 Å². The number of benzene rings is 4. The highest BCUT2D eigenvalue weighted by Gasteiger charge is 2.29. The van der Waals surface area contributed by atoms with Crippen molar-refractivity contribution >= 4 is 39.9 Å². The normalized spacial score (nSPS) is 13.4. The highest BCUT2D eigenvalue weighted by Crippen LogP contribution is 2.34. The van der Waals surface area contributed by atoms with E-state index < -0.39 is 50.7 Å². The Labute approximate surface area is 272 Å². The monoisotopic (exact) mass is 704 g/mol. The average Bonchev–Trinajstić information content (AvgIpc) is 3.00. The van der Waals surface area contributed by atoms with Gasteiger partial charge in [-0.2, -0.15) is 0 Å².